The van der Waals surface area contributed by atoms with Crippen LogP contribution < -0.4 is 10.5 Å². The van der Waals surface area contributed by atoms with E-state index in [9.17, 15) is 0 Å². The van der Waals surface area contributed by atoms with Gasteiger partial charge in [-0.15, -0.1) is 0 Å². The molecule has 0 radical (unpaired) electrons. The molecule has 5 heteroatoms. The summed E-state index contributed by atoms with van der Waals surface area (Å²) in [7, 11) is 1.62. The normalized spacial score (nSPS) is 11.1. The molecule has 1 aromatic carbocycles. The van der Waals surface area contributed by atoms with Gasteiger partial charge in [-0.05, 0) is 55.6 Å². The number of nitrogens with zero attached hydrogens (tertiary/aromatic N) is 1. The number of aryl methyl sites for hydroxylation is 1. The smallest absolute Gasteiger partial charge is 0.212 e. The van der Waals surface area contributed by atoms with Gasteiger partial charge in [0.15, 0.2) is 0 Å². The summed E-state index contributed by atoms with van der Waals surface area (Å²) < 4.78 is 5.14. The fourth-order valence-corrected chi connectivity index (χ4v) is 2.99. The number of pyridine rings is 1. The Hall–Kier alpha value is -2.04. The van der Waals surface area contributed by atoms with Gasteiger partial charge in [-0.25, -0.2) is 4.98 Å². The molecule has 0 fully saturated rings. The van der Waals surface area contributed by atoms with Gasteiger partial charge in [0, 0.05) is 33.8 Å². The lowest BCUT2D eigenvalue weighted by Gasteiger charge is -2.06. The van der Waals surface area contributed by atoms with Crippen molar-refractivity contribution in [3.05, 3.63) is 47.1 Å². The number of unbranched alkanes of at least 4 members (excludes halogenated alkanes) is 1. The van der Waals surface area contributed by atoms with Crippen molar-refractivity contribution in [2.45, 2.75) is 19.3 Å². The molecule has 0 aliphatic rings. The Labute approximate surface area is 140 Å². The maximum atomic E-state index is 6.18. The number of nitrogens with two attached hydrogens (primary N) is 1. The minimum atomic E-state index is 0.609. The van der Waals surface area contributed by atoms with E-state index < -0.39 is 0 Å². The van der Waals surface area contributed by atoms with Crippen molar-refractivity contribution < 1.29 is 4.74 Å². The first-order chi connectivity index (χ1) is 11.2. The number of hydrogen-bond donors (Lipinski definition) is 2. The molecule has 23 heavy (non-hydrogen) atoms. The summed E-state index contributed by atoms with van der Waals surface area (Å²) in [5.74, 6) is 0.609. The molecule has 0 saturated heterocycles. The van der Waals surface area contributed by atoms with Gasteiger partial charge in [0.25, 0.3) is 0 Å². The minimum absolute atomic E-state index is 0.609. The third-order valence-electron chi connectivity index (χ3n) is 3.98. The third kappa shape index (κ3) is 3.33. The molecule has 3 N–H and O–H groups in total. The van der Waals surface area contributed by atoms with Crippen LogP contribution in [0.2, 0.25) is 5.02 Å². The van der Waals surface area contributed by atoms with E-state index in [0.717, 1.165) is 41.1 Å². The summed E-state index contributed by atoms with van der Waals surface area (Å²) in [6.45, 7) is 0.711. The van der Waals surface area contributed by atoms with Crippen LogP contribution in [0.4, 0.5) is 0 Å². The molecule has 0 bridgehead atoms. The Kier molecular flexibility index (Phi) is 4.84. The maximum Gasteiger partial charge on any atom is 0.212 e. The summed E-state index contributed by atoms with van der Waals surface area (Å²) in [6, 6.07) is 9.83. The molecule has 120 valence electrons. The van der Waals surface area contributed by atoms with Gasteiger partial charge in [-0.2, -0.15) is 0 Å². The molecular weight excluding hydrogens is 310 g/mol. The van der Waals surface area contributed by atoms with E-state index >= 15 is 0 Å². The number of methoxy groups -OCH3 is 1. The quantitative estimate of drug-likeness (QED) is 0.667. The van der Waals surface area contributed by atoms with E-state index in [0.29, 0.717) is 12.4 Å². The first-order valence-corrected chi connectivity index (χ1v) is 8.11. The van der Waals surface area contributed by atoms with Crippen molar-refractivity contribution in [2.75, 3.05) is 13.7 Å². The van der Waals surface area contributed by atoms with E-state index in [2.05, 4.69) is 9.97 Å². The van der Waals surface area contributed by atoms with Crippen molar-refractivity contribution in [2.24, 2.45) is 5.73 Å². The van der Waals surface area contributed by atoms with Gasteiger partial charge in [0.05, 0.1) is 12.8 Å². The fraction of sp³-hybridized carbons (Fsp3) is 0.278. The largest absolute Gasteiger partial charge is 0.481 e. The Morgan fingerprint density at radius 3 is 2.78 bits per heavy atom. The predicted molar refractivity (Wildman–Crippen MR) is 95.1 cm³/mol. The molecule has 0 amide bonds. The molecular formula is C18H20ClN3O. The van der Waals surface area contributed by atoms with Crippen molar-refractivity contribution >= 4 is 22.5 Å². The molecule has 0 atom stereocenters. The second-order valence-electron chi connectivity index (χ2n) is 5.50. The van der Waals surface area contributed by atoms with Gasteiger partial charge >= 0.3 is 0 Å². The van der Waals surface area contributed by atoms with Crippen LogP contribution in [-0.2, 0) is 6.42 Å². The van der Waals surface area contributed by atoms with Gasteiger partial charge in [-0.3, -0.25) is 0 Å². The predicted octanol–water partition coefficient (Wildman–Crippen LogP) is 4.17. The fourth-order valence-electron chi connectivity index (χ4n) is 2.82. The molecule has 3 rings (SSSR count). The number of ether oxygens (including phenoxy) is 1. The van der Waals surface area contributed by atoms with E-state index in [1.54, 1.807) is 7.11 Å². The number of halogens is 1. The van der Waals surface area contributed by atoms with Gasteiger partial charge in [0.1, 0.15) is 0 Å². The van der Waals surface area contributed by atoms with Crippen molar-refractivity contribution in [3.63, 3.8) is 0 Å². The molecule has 0 aliphatic carbocycles. The van der Waals surface area contributed by atoms with Crippen LogP contribution in [0.5, 0.6) is 5.88 Å². The maximum absolute atomic E-state index is 6.18. The summed E-state index contributed by atoms with van der Waals surface area (Å²) in [4.78, 5) is 7.81. The number of aromatic amines is 1. The van der Waals surface area contributed by atoms with Crippen LogP contribution >= 0.6 is 11.6 Å². The Balaban J connectivity index is 2.07. The highest BCUT2D eigenvalue weighted by Crippen LogP contribution is 2.33. The number of fused-ring (bicyclic) bond motifs is 1. The lowest BCUT2D eigenvalue weighted by atomic mass is 10.0. The highest BCUT2D eigenvalue weighted by molar-refractivity contribution is 6.31. The van der Waals surface area contributed by atoms with Gasteiger partial charge in [-0.1, -0.05) is 11.6 Å². The first-order valence-electron chi connectivity index (χ1n) is 7.73. The lowest BCUT2D eigenvalue weighted by molar-refractivity contribution is 0.398. The van der Waals surface area contributed by atoms with E-state index in [4.69, 9.17) is 22.1 Å². The summed E-state index contributed by atoms with van der Waals surface area (Å²) in [5.41, 5.74) is 10.1. The monoisotopic (exact) mass is 329 g/mol. The summed E-state index contributed by atoms with van der Waals surface area (Å²) >= 11 is 6.18. The number of rotatable bonds is 6. The van der Waals surface area contributed by atoms with E-state index in [-0.39, 0.29) is 0 Å². The van der Waals surface area contributed by atoms with Gasteiger partial charge < -0.3 is 15.5 Å². The average Bonchev–Trinajstić information content (AvgIpc) is 2.93. The van der Waals surface area contributed by atoms with Crippen molar-refractivity contribution in [3.8, 4) is 17.1 Å². The molecule has 4 nitrogen and oxygen atoms in total. The molecule has 0 spiro atoms. The van der Waals surface area contributed by atoms with E-state index in [1.165, 1.54) is 10.9 Å². The Morgan fingerprint density at radius 2 is 2.09 bits per heavy atom. The van der Waals surface area contributed by atoms with Crippen molar-refractivity contribution in [1.29, 1.82) is 0 Å². The third-order valence-corrected chi connectivity index (χ3v) is 4.22. The van der Waals surface area contributed by atoms with Gasteiger partial charge in [0.2, 0.25) is 5.88 Å². The molecule has 2 heterocycles. The number of hydrogen-bond acceptors (Lipinski definition) is 3. The number of aromatic nitrogens is 2. The highest BCUT2D eigenvalue weighted by atomic mass is 35.5. The van der Waals surface area contributed by atoms with Crippen LogP contribution in [0.3, 0.4) is 0 Å². The summed E-state index contributed by atoms with van der Waals surface area (Å²) in [6.07, 6.45) is 4.84. The molecule has 0 aliphatic heterocycles. The number of benzene rings is 1. The van der Waals surface area contributed by atoms with Crippen LogP contribution in [0.15, 0.2) is 36.5 Å². The topological polar surface area (TPSA) is 63.9 Å². The zero-order chi connectivity index (χ0) is 16.2. The molecule has 0 saturated carbocycles. The zero-order valence-electron chi connectivity index (χ0n) is 13.1. The first kappa shape index (κ1) is 15.8. The number of nitrogens with one attached hydrogen (secondary N) is 1. The molecule has 3 aromatic rings. The Morgan fingerprint density at radius 1 is 1.22 bits per heavy atom. The zero-order valence-corrected chi connectivity index (χ0v) is 13.9. The Bertz CT molecular complexity index is 796. The van der Waals surface area contributed by atoms with Crippen LogP contribution in [-0.4, -0.2) is 23.6 Å². The van der Waals surface area contributed by atoms with E-state index in [1.807, 2.05) is 36.5 Å². The minimum Gasteiger partial charge on any atom is -0.481 e. The molecule has 2 aromatic heterocycles. The second-order valence-corrected chi connectivity index (χ2v) is 5.94. The average molecular weight is 330 g/mol. The van der Waals surface area contributed by atoms with Crippen molar-refractivity contribution in [1.82, 2.24) is 9.97 Å². The lowest BCUT2D eigenvalue weighted by Crippen LogP contribution is -1.99. The number of H-pyrrole nitrogens is 1. The van der Waals surface area contributed by atoms with Crippen LogP contribution in [0.25, 0.3) is 22.2 Å². The standard InChI is InChI=1S/C18H20ClN3O/c1-23-17-8-5-12(11-21-17)18-14(4-2-3-9-20)15-10-13(19)6-7-16(15)22-18/h5-8,10-11,22H,2-4,9,20H2,1H3. The summed E-state index contributed by atoms with van der Waals surface area (Å²) in [5, 5.41) is 1.91. The SMILES string of the molecule is COc1ccc(-c2[nH]c3ccc(Cl)cc3c2CCCCN)cn1. The van der Waals surface area contributed by atoms with Crippen LogP contribution in [0.1, 0.15) is 18.4 Å². The molecule has 0 unspecified atom stereocenters. The highest BCUT2D eigenvalue weighted by Gasteiger charge is 2.14. The second kappa shape index (κ2) is 7.02. The van der Waals surface area contributed by atoms with Crippen LogP contribution in [0, 0.1) is 0 Å².